The predicted molar refractivity (Wildman–Crippen MR) is 106 cm³/mol. The van der Waals surface area contributed by atoms with Gasteiger partial charge in [-0.2, -0.15) is 5.26 Å². The first-order valence-electron chi connectivity index (χ1n) is 8.54. The molecule has 0 heterocycles. The van der Waals surface area contributed by atoms with Gasteiger partial charge in [0.1, 0.15) is 5.75 Å². The van der Waals surface area contributed by atoms with Crippen LogP contribution < -0.4 is 15.4 Å². The van der Waals surface area contributed by atoms with Crippen LogP contribution in [0.1, 0.15) is 12.5 Å². The zero-order valence-electron chi connectivity index (χ0n) is 14.8. The van der Waals surface area contributed by atoms with Crippen molar-refractivity contribution in [3.05, 3.63) is 84.4 Å². The number of ether oxygens (including phenoxy) is 1. The van der Waals surface area contributed by atoms with E-state index in [0.717, 1.165) is 11.4 Å². The molecule has 27 heavy (non-hydrogen) atoms. The van der Waals surface area contributed by atoms with Crippen molar-refractivity contribution in [3.63, 3.8) is 0 Å². The summed E-state index contributed by atoms with van der Waals surface area (Å²) in [6, 6.07) is 26.0. The first-order chi connectivity index (χ1) is 13.1. The highest BCUT2D eigenvalue weighted by atomic mass is 16.5. The van der Waals surface area contributed by atoms with Gasteiger partial charge >= 0.3 is 0 Å². The molecule has 134 valence electrons. The second-order valence-electron chi connectivity index (χ2n) is 5.95. The van der Waals surface area contributed by atoms with Gasteiger partial charge in [-0.15, -0.1) is 0 Å². The van der Waals surface area contributed by atoms with Crippen LogP contribution in [0.4, 0.5) is 17.1 Å². The van der Waals surface area contributed by atoms with Crippen molar-refractivity contribution in [1.29, 1.82) is 5.26 Å². The summed E-state index contributed by atoms with van der Waals surface area (Å²) in [6.45, 7) is 1.68. The van der Waals surface area contributed by atoms with E-state index >= 15 is 0 Å². The average molecular weight is 357 g/mol. The Labute approximate surface area is 158 Å². The number of hydrogen-bond donors (Lipinski definition) is 2. The van der Waals surface area contributed by atoms with Crippen molar-refractivity contribution in [3.8, 4) is 11.8 Å². The maximum absolute atomic E-state index is 12.3. The van der Waals surface area contributed by atoms with Crippen molar-refractivity contribution in [1.82, 2.24) is 0 Å². The quantitative estimate of drug-likeness (QED) is 0.670. The Bertz CT molecular complexity index is 930. The second kappa shape index (κ2) is 8.54. The van der Waals surface area contributed by atoms with Crippen molar-refractivity contribution in [2.45, 2.75) is 13.0 Å². The molecule has 1 atom stereocenters. The third-order valence-electron chi connectivity index (χ3n) is 3.88. The molecule has 0 spiro atoms. The van der Waals surface area contributed by atoms with Gasteiger partial charge in [0.15, 0.2) is 6.10 Å². The van der Waals surface area contributed by atoms with Crippen LogP contribution in [0.15, 0.2) is 78.9 Å². The molecular weight excluding hydrogens is 338 g/mol. The van der Waals surface area contributed by atoms with Crippen LogP contribution in [0.3, 0.4) is 0 Å². The van der Waals surface area contributed by atoms with Crippen LogP contribution in [0.5, 0.6) is 5.75 Å². The predicted octanol–water partition coefficient (Wildman–Crippen LogP) is 4.71. The number of carbonyl (C=O) groups excluding carboxylic acids is 1. The Morgan fingerprint density at radius 1 is 0.889 bits per heavy atom. The first-order valence-corrected chi connectivity index (χ1v) is 8.54. The van der Waals surface area contributed by atoms with Crippen LogP contribution in [0.25, 0.3) is 0 Å². The Morgan fingerprint density at radius 2 is 1.48 bits per heavy atom. The van der Waals surface area contributed by atoms with E-state index in [-0.39, 0.29) is 5.91 Å². The van der Waals surface area contributed by atoms with E-state index in [4.69, 9.17) is 10.00 Å². The lowest BCUT2D eigenvalue weighted by molar-refractivity contribution is -0.122. The normalized spacial score (nSPS) is 11.1. The standard InChI is InChI=1S/C22H19N3O2/c1-16(27-21-13-7-17(15-23)8-14-21)22(26)25-20-11-9-19(10-12-20)24-18-5-3-2-4-6-18/h2-14,16,24H,1H3,(H,25,26). The summed E-state index contributed by atoms with van der Waals surface area (Å²) < 4.78 is 5.62. The molecule has 0 aromatic heterocycles. The number of carbonyl (C=O) groups is 1. The molecule has 2 N–H and O–H groups in total. The third-order valence-corrected chi connectivity index (χ3v) is 3.88. The lowest BCUT2D eigenvalue weighted by Crippen LogP contribution is -2.30. The average Bonchev–Trinajstić information content (AvgIpc) is 2.71. The lowest BCUT2D eigenvalue weighted by Gasteiger charge is -2.15. The molecule has 3 aromatic carbocycles. The highest BCUT2D eigenvalue weighted by Crippen LogP contribution is 2.19. The zero-order chi connectivity index (χ0) is 19.1. The maximum Gasteiger partial charge on any atom is 0.265 e. The summed E-state index contributed by atoms with van der Waals surface area (Å²) >= 11 is 0. The van der Waals surface area contributed by atoms with Gasteiger partial charge < -0.3 is 15.4 Å². The first kappa shape index (κ1) is 18.0. The van der Waals surface area contributed by atoms with Gasteiger partial charge in [-0.3, -0.25) is 4.79 Å². The summed E-state index contributed by atoms with van der Waals surface area (Å²) in [7, 11) is 0. The third kappa shape index (κ3) is 5.10. The van der Waals surface area contributed by atoms with Crippen LogP contribution in [-0.2, 0) is 4.79 Å². The molecule has 1 amide bonds. The fraction of sp³-hybridized carbons (Fsp3) is 0.0909. The summed E-state index contributed by atoms with van der Waals surface area (Å²) in [5.74, 6) is 0.294. The molecule has 0 aliphatic rings. The Kier molecular flexibility index (Phi) is 5.70. The SMILES string of the molecule is CC(Oc1ccc(C#N)cc1)C(=O)Nc1ccc(Nc2ccccc2)cc1. The molecule has 5 heteroatoms. The summed E-state index contributed by atoms with van der Waals surface area (Å²) in [5.41, 5.74) is 3.16. The monoisotopic (exact) mass is 357 g/mol. The highest BCUT2D eigenvalue weighted by Gasteiger charge is 2.15. The van der Waals surface area contributed by atoms with Crippen molar-refractivity contribution < 1.29 is 9.53 Å². The number of nitrogens with one attached hydrogen (secondary N) is 2. The molecule has 0 aliphatic carbocycles. The number of anilines is 3. The topological polar surface area (TPSA) is 74.1 Å². The molecule has 3 rings (SSSR count). The van der Waals surface area contributed by atoms with E-state index in [0.29, 0.717) is 17.0 Å². The van der Waals surface area contributed by atoms with Gasteiger partial charge in [0.05, 0.1) is 11.6 Å². The number of amides is 1. The van der Waals surface area contributed by atoms with Crippen molar-refractivity contribution in [2.24, 2.45) is 0 Å². The fourth-order valence-corrected chi connectivity index (χ4v) is 2.43. The molecule has 5 nitrogen and oxygen atoms in total. The fourth-order valence-electron chi connectivity index (χ4n) is 2.43. The van der Waals surface area contributed by atoms with E-state index in [2.05, 4.69) is 10.6 Å². The van der Waals surface area contributed by atoms with E-state index in [1.54, 1.807) is 31.2 Å². The molecule has 1 unspecified atom stereocenters. The Morgan fingerprint density at radius 3 is 2.11 bits per heavy atom. The van der Waals surface area contributed by atoms with Crippen molar-refractivity contribution in [2.75, 3.05) is 10.6 Å². The molecule has 0 saturated carbocycles. The van der Waals surface area contributed by atoms with Crippen LogP contribution in [0, 0.1) is 11.3 Å². The van der Waals surface area contributed by atoms with Crippen LogP contribution in [0.2, 0.25) is 0 Å². The summed E-state index contributed by atoms with van der Waals surface area (Å²) in [6.07, 6.45) is -0.667. The molecule has 0 aliphatic heterocycles. The Balaban J connectivity index is 1.55. The van der Waals surface area contributed by atoms with Crippen LogP contribution in [-0.4, -0.2) is 12.0 Å². The number of hydrogen-bond acceptors (Lipinski definition) is 4. The van der Waals surface area contributed by atoms with Gasteiger partial charge in [-0.05, 0) is 67.6 Å². The van der Waals surface area contributed by atoms with E-state index < -0.39 is 6.10 Å². The Hall–Kier alpha value is -3.78. The maximum atomic E-state index is 12.3. The smallest absolute Gasteiger partial charge is 0.265 e. The largest absolute Gasteiger partial charge is 0.481 e. The summed E-state index contributed by atoms with van der Waals surface area (Å²) in [4.78, 5) is 12.3. The van der Waals surface area contributed by atoms with Gasteiger partial charge in [-0.1, -0.05) is 18.2 Å². The molecule has 0 radical (unpaired) electrons. The van der Waals surface area contributed by atoms with Gasteiger partial charge in [0, 0.05) is 17.1 Å². The second-order valence-corrected chi connectivity index (χ2v) is 5.95. The van der Waals surface area contributed by atoms with E-state index in [9.17, 15) is 4.79 Å². The molecular formula is C22H19N3O2. The molecule has 0 saturated heterocycles. The minimum Gasteiger partial charge on any atom is -0.481 e. The number of rotatable bonds is 6. The highest BCUT2D eigenvalue weighted by molar-refractivity contribution is 5.94. The summed E-state index contributed by atoms with van der Waals surface area (Å²) in [5, 5.41) is 14.9. The minimum atomic E-state index is -0.667. The van der Waals surface area contributed by atoms with Crippen LogP contribution >= 0.6 is 0 Å². The number of nitriles is 1. The van der Waals surface area contributed by atoms with Gasteiger partial charge in [0.25, 0.3) is 5.91 Å². The number of benzene rings is 3. The van der Waals surface area contributed by atoms with Gasteiger partial charge in [-0.25, -0.2) is 0 Å². The van der Waals surface area contributed by atoms with E-state index in [1.165, 1.54) is 0 Å². The van der Waals surface area contributed by atoms with Gasteiger partial charge in [0.2, 0.25) is 0 Å². The molecule has 0 fully saturated rings. The molecule has 0 bridgehead atoms. The number of nitrogens with zero attached hydrogens (tertiary/aromatic N) is 1. The zero-order valence-corrected chi connectivity index (χ0v) is 14.8. The van der Waals surface area contributed by atoms with E-state index in [1.807, 2.05) is 60.7 Å². The minimum absolute atomic E-state index is 0.247. The van der Waals surface area contributed by atoms with Crippen molar-refractivity contribution >= 4 is 23.0 Å². The molecule has 3 aromatic rings. The number of para-hydroxylation sites is 1. The lowest BCUT2D eigenvalue weighted by atomic mass is 10.2.